The van der Waals surface area contributed by atoms with Crippen molar-refractivity contribution in [1.82, 2.24) is 0 Å². The third-order valence-corrected chi connectivity index (χ3v) is 1.67. The van der Waals surface area contributed by atoms with Gasteiger partial charge in [0.1, 0.15) is 0 Å². The van der Waals surface area contributed by atoms with Gasteiger partial charge >= 0.3 is 12.1 Å². The number of ketones is 1. The van der Waals surface area contributed by atoms with Gasteiger partial charge < -0.3 is 4.74 Å². The monoisotopic (exact) mass is 232 g/mol. The van der Waals surface area contributed by atoms with E-state index in [0.29, 0.717) is 6.92 Å². The lowest BCUT2D eigenvalue weighted by Crippen LogP contribution is -2.47. The van der Waals surface area contributed by atoms with E-state index in [1.165, 1.54) is 6.92 Å². The molecule has 3 nitrogen and oxygen atoms in total. The van der Waals surface area contributed by atoms with Gasteiger partial charge in [0.25, 0.3) is 5.78 Å². The molecule has 0 aliphatic heterocycles. The first-order valence-corrected chi connectivity index (χ1v) is 3.99. The minimum atomic E-state index is -5.15. The van der Waals surface area contributed by atoms with Crippen molar-refractivity contribution in [3.05, 3.63) is 0 Å². The molecule has 0 aliphatic carbocycles. The Morgan fingerprint density at radius 3 is 2.07 bits per heavy atom. The van der Waals surface area contributed by atoms with Crippen LogP contribution in [0.15, 0.2) is 0 Å². The lowest BCUT2D eigenvalue weighted by molar-refractivity contribution is -0.178. The van der Waals surface area contributed by atoms with Gasteiger partial charge in [-0.15, -0.1) is 0 Å². The molecule has 1 atom stereocenters. The number of esters is 1. The van der Waals surface area contributed by atoms with Gasteiger partial charge in [-0.3, -0.25) is 4.79 Å². The maximum Gasteiger partial charge on any atom is 0.452 e. The SMILES string of the molecule is CCOC(=O)[C@@](C)(Cl)C(=O)C(F)(F)F. The molecule has 0 amide bonds. The summed E-state index contributed by atoms with van der Waals surface area (Å²) in [7, 11) is 0. The molecule has 0 radical (unpaired) electrons. The van der Waals surface area contributed by atoms with Gasteiger partial charge in [0, 0.05) is 0 Å². The number of halogens is 4. The van der Waals surface area contributed by atoms with Gasteiger partial charge in [-0.2, -0.15) is 13.2 Å². The van der Waals surface area contributed by atoms with E-state index in [9.17, 15) is 22.8 Å². The third kappa shape index (κ3) is 2.87. The van der Waals surface area contributed by atoms with E-state index in [2.05, 4.69) is 4.74 Å². The molecule has 7 heteroatoms. The van der Waals surface area contributed by atoms with Crippen molar-refractivity contribution in [3.8, 4) is 0 Å². The molecule has 0 unspecified atom stereocenters. The van der Waals surface area contributed by atoms with E-state index >= 15 is 0 Å². The summed E-state index contributed by atoms with van der Waals surface area (Å²) in [4.78, 5) is 18.8. The molecule has 0 aromatic rings. The van der Waals surface area contributed by atoms with Crippen molar-refractivity contribution in [3.63, 3.8) is 0 Å². The summed E-state index contributed by atoms with van der Waals surface area (Å²) in [5.41, 5.74) is 0. The number of Topliss-reactive ketones (excluding diaryl/α,β-unsaturated/α-hetero) is 1. The predicted molar refractivity (Wildman–Crippen MR) is 42.0 cm³/mol. The Kier molecular flexibility index (Phi) is 3.93. The van der Waals surface area contributed by atoms with Gasteiger partial charge in [0.15, 0.2) is 0 Å². The molecule has 0 bridgehead atoms. The summed E-state index contributed by atoms with van der Waals surface area (Å²) in [6.45, 7) is 1.90. The van der Waals surface area contributed by atoms with Crippen LogP contribution in [0, 0.1) is 0 Å². The minimum absolute atomic E-state index is 0.147. The lowest BCUT2D eigenvalue weighted by atomic mass is 10.1. The van der Waals surface area contributed by atoms with E-state index in [4.69, 9.17) is 11.6 Å². The third-order valence-electron chi connectivity index (χ3n) is 1.34. The van der Waals surface area contributed by atoms with E-state index in [-0.39, 0.29) is 6.61 Å². The Labute approximate surface area is 83.2 Å². The number of alkyl halides is 4. The standard InChI is InChI=1S/C7H8ClF3O3/c1-3-14-5(13)6(2,8)4(12)7(9,10)11/h3H2,1-2H3/t6-/m0/s1. The summed E-state index contributed by atoms with van der Waals surface area (Å²) in [6, 6.07) is 0. The second-order valence-corrected chi connectivity index (χ2v) is 3.31. The van der Waals surface area contributed by atoms with Crippen molar-refractivity contribution in [2.45, 2.75) is 24.9 Å². The Bertz CT molecular complexity index is 247. The van der Waals surface area contributed by atoms with Crippen molar-refractivity contribution < 1.29 is 27.5 Å². The number of carbonyl (C=O) groups excluding carboxylic acids is 2. The van der Waals surface area contributed by atoms with Gasteiger partial charge in [-0.05, 0) is 13.8 Å². The van der Waals surface area contributed by atoms with Gasteiger partial charge in [0.05, 0.1) is 6.61 Å². The average Bonchev–Trinajstić information content (AvgIpc) is 2.01. The van der Waals surface area contributed by atoms with Crippen molar-refractivity contribution in [2.24, 2.45) is 0 Å². The molecule has 0 N–H and O–H groups in total. The summed E-state index contributed by atoms with van der Waals surface area (Å²) in [5, 5.41) is 0. The van der Waals surface area contributed by atoms with Gasteiger partial charge in [-0.25, -0.2) is 4.79 Å². The summed E-state index contributed by atoms with van der Waals surface area (Å²) < 4.78 is 39.9. The normalized spacial score (nSPS) is 15.9. The number of hydrogen-bond acceptors (Lipinski definition) is 3. The first kappa shape index (κ1) is 13.2. The van der Waals surface area contributed by atoms with Crippen LogP contribution in [-0.4, -0.2) is 29.4 Å². The van der Waals surface area contributed by atoms with Crippen LogP contribution < -0.4 is 0 Å². The number of rotatable bonds is 3. The highest BCUT2D eigenvalue weighted by Crippen LogP contribution is 2.29. The molecule has 0 aromatic carbocycles. The summed E-state index contributed by atoms with van der Waals surface area (Å²) in [6.07, 6.45) is -5.15. The van der Waals surface area contributed by atoms with Crippen LogP contribution in [0.25, 0.3) is 0 Å². The van der Waals surface area contributed by atoms with Crippen LogP contribution in [0.5, 0.6) is 0 Å². The lowest BCUT2D eigenvalue weighted by Gasteiger charge is -2.19. The van der Waals surface area contributed by atoms with Gasteiger partial charge in [-0.1, -0.05) is 11.6 Å². The number of hydrogen-bond donors (Lipinski definition) is 0. The highest BCUT2D eigenvalue weighted by molar-refractivity contribution is 6.46. The zero-order valence-corrected chi connectivity index (χ0v) is 8.20. The van der Waals surface area contributed by atoms with Crippen LogP contribution in [0.2, 0.25) is 0 Å². The fraction of sp³-hybridized carbons (Fsp3) is 0.714. The molecule has 0 rings (SSSR count). The number of carbonyl (C=O) groups is 2. The summed E-state index contributed by atoms with van der Waals surface area (Å²) in [5.74, 6) is -3.73. The highest BCUT2D eigenvalue weighted by Gasteiger charge is 2.54. The molecular formula is C7H8ClF3O3. The molecule has 0 spiro atoms. The van der Waals surface area contributed by atoms with Crippen molar-refractivity contribution in [2.75, 3.05) is 6.61 Å². The smallest absolute Gasteiger partial charge is 0.452 e. The van der Waals surface area contributed by atoms with Crippen LogP contribution in [-0.2, 0) is 14.3 Å². The highest BCUT2D eigenvalue weighted by atomic mass is 35.5. The maximum absolute atomic E-state index is 11.9. The van der Waals surface area contributed by atoms with Crippen LogP contribution in [0.4, 0.5) is 13.2 Å². The Balaban J connectivity index is 4.79. The Hall–Kier alpha value is -0.780. The Morgan fingerprint density at radius 2 is 1.79 bits per heavy atom. The first-order valence-electron chi connectivity index (χ1n) is 3.61. The molecule has 82 valence electrons. The molecule has 0 saturated heterocycles. The average molecular weight is 233 g/mol. The van der Waals surface area contributed by atoms with Crippen LogP contribution in [0.3, 0.4) is 0 Å². The van der Waals surface area contributed by atoms with E-state index in [0.717, 1.165) is 0 Å². The zero-order valence-electron chi connectivity index (χ0n) is 7.44. The molecule has 14 heavy (non-hydrogen) atoms. The number of ether oxygens (including phenoxy) is 1. The topological polar surface area (TPSA) is 43.4 Å². The van der Waals surface area contributed by atoms with Crippen LogP contribution >= 0.6 is 11.6 Å². The van der Waals surface area contributed by atoms with E-state index < -0.39 is 22.8 Å². The molecule has 0 aliphatic rings. The molecule has 0 saturated carbocycles. The molecule has 0 aromatic heterocycles. The minimum Gasteiger partial charge on any atom is -0.464 e. The Morgan fingerprint density at radius 1 is 1.36 bits per heavy atom. The zero-order chi connectivity index (χ0) is 11.6. The summed E-state index contributed by atoms with van der Waals surface area (Å²) >= 11 is 5.16. The second-order valence-electron chi connectivity index (χ2n) is 2.55. The van der Waals surface area contributed by atoms with Crippen molar-refractivity contribution in [1.29, 1.82) is 0 Å². The van der Waals surface area contributed by atoms with Crippen LogP contribution in [0.1, 0.15) is 13.8 Å². The largest absolute Gasteiger partial charge is 0.464 e. The predicted octanol–water partition coefficient (Wildman–Crippen LogP) is 1.68. The van der Waals surface area contributed by atoms with Gasteiger partial charge in [0.2, 0.25) is 4.87 Å². The molecule has 0 heterocycles. The first-order chi connectivity index (χ1) is 6.14. The molecular weight excluding hydrogens is 225 g/mol. The molecule has 0 fully saturated rings. The quantitative estimate of drug-likeness (QED) is 0.422. The van der Waals surface area contributed by atoms with E-state index in [1.54, 1.807) is 0 Å². The second kappa shape index (κ2) is 4.16. The van der Waals surface area contributed by atoms with Crippen molar-refractivity contribution >= 4 is 23.4 Å². The van der Waals surface area contributed by atoms with E-state index in [1.807, 2.05) is 0 Å². The fourth-order valence-electron chi connectivity index (χ4n) is 0.625. The fourth-order valence-corrected chi connectivity index (χ4v) is 0.787. The maximum atomic E-state index is 11.9.